The first kappa shape index (κ1) is 18.9. The van der Waals surface area contributed by atoms with E-state index in [0.29, 0.717) is 44.0 Å². The fourth-order valence-corrected chi connectivity index (χ4v) is 3.02. The van der Waals surface area contributed by atoms with Gasteiger partial charge in [0.25, 0.3) is 5.91 Å². The smallest absolute Gasteiger partial charge is 0.311 e. The molecule has 1 fully saturated rings. The maximum absolute atomic E-state index is 12.4. The van der Waals surface area contributed by atoms with Crippen molar-refractivity contribution < 1.29 is 24.2 Å². The Labute approximate surface area is 158 Å². The number of amides is 1. The van der Waals surface area contributed by atoms with Gasteiger partial charge in [-0.05, 0) is 42.7 Å². The minimum absolute atomic E-state index is 0.0940. The number of hydrogen-bond donors (Lipinski definition) is 2. The van der Waals surface area contributed by atoms with E-state index in [-0.39, 0.29) is 12.5 Å². The van der Waals surface area contributed by atoms with Gasteiger partial charge in [-0.1, -0.05) is 30.3 Å². The van der Waals surface area contributed by atoms with Crippen molar-refractivity contribution in [1.82, 2.24) is 5.32 Å². The number of nitrogens with one attached hydrogen (secondary N) is 1. The van der Waals surface area contributed by atoms with Crippen LogP contribution in [0.5, 0.6) is 5.75 Å². The molecule has 142 valence electrons. The largest absolute Gasteiger partial charge is 0.489 e. The second kappa shape index (κ2) is 8.68. The van der Waals surface area contributed by atoms with Crippen LogP contribution in [0.1, 0.15) is 28.8 Å². The molecule has 0 bridgehead atoms. The predicted octanol–water partition coefficient (Wildman–Crippen LogP) is 2.88. The third-order valence-corrected chi connectivity index (χ3v) is 4.86. The maximum Gasteiger partial charge on any atom is 0.311 e. The SMILES string of the molecule is O=C(NCC1(C(=O)O)CCOCC1)c1ccc(OCc2ccccc2)cc1. The molecule has 3 rings (SSSR count). The van der Waals surface area contributed by atoms with E-state index < -0.39 is 11.4 Å². The van der Waals surface area contributed by atoms with Crippen molar-refractivity contribution in [3.8, 4) is 5.75 Å². The molecular weight excluding hydrogens is 346 g/mol. The van der Waals surface area contributed by atoms with Crippen molar-refractivity contribution in [2.45, 2.75) is 19.4 Å². The highest BCUT2D eigenvalue weighted by atomic mass is 16.5. The summed E-state index contributed by atoms with van der Waals surface area (Å²) in [5.41, 5.74) is 0.580. The highest BCUT2D eigenvalue weighted by Gasteiger charge is 2.40. The van der Waals surface area contributed by atoms with Crippen molar-refractivity contribution in [2.24, 2.45) is 5.41 Å². The van der Waals surface area contributed by atoms with Gasteiger partial charge in [-0.3, -0.25) is 9.59 Å². The van der Waals surface area contributed by atoms with E-state index >= 15 is 0 Å². The zero-order valence-electron chi connectivity index (χ0n) is 15.0. The Bertz CT molecular complexity index is 767. The molecule has 1 aliphatic rings. The lowest BCUT2D eigenvalue weighted by atomic mass is 9.80. The number of carbonyl (C=O) groups is 2. The Balaban J connectivity index is 1.54. The van der Waals surface area contributed by atoms with Crippen LogP contribution in [-0.2, 0) is 16.1 Å². The van der Waals surface area contributed by atoms with Crippen molar-refractivity contribution in [1.29, 1.82) is 0 Å². The maximum atomic E-state index is 12.4. The van der Waals surface area contributed by atoms with Gasteiger partial charge in [-0.15, -0.1) is 0 Å². The van der Waals surface area contributed by atoms with Crippen molar-refractivity contribution in [2.75, 3.05) is 19.8 Å². The number of ether oxygens (including phenoxy) is 2. The van der Waals surface area contributed by atoms with Gasteiger partial charge in [0.05, 0.1) is 5.41 Å². The van der Waals surface area contributed by atoms with Gasteiger partial charge in [0.15, 0.2) is 0 Å². The van der Waals surface area contributed by atoms with Crippen LogP contribution in [0.2, 0.25) is 0 Å². The Morgan fingerprint density at radius 2 is 1.70 bits per heavy atom. The molecule has 0 saturated carbocycles. The molecule has 2 aromatic rings. The lowest BCUT2D eigenvalue weighted by molar-refractivity contribution is -0.154. The zero-order chi connectivity index (χ0) is 19.1. The summed E-state index contributed by atoms with van der Waals surface area (Å²) in [4.78, 5) is 24.0. The van der Waals surface area contributed by atoms with Gasteiger partial charge in [-0.25, -0.2) is 0 Å². The molecule has 1 saturated heterocycles. The van der Waals surface area contributed by atoms with Crippen LogP contribution in [0.3, 0.4) is 0 Å². The quantitative estimate of drug-likeness (QED) is 0.784. The summed E-state index contributed by atoms with van der Waals surface area (Å²) < 4.78 is 11.0. The molecule has 0 unspecified atom stereocenters. The van der Waals surface area contributed by atoms with Crippen LogP contribution < -0.4 is 10.1 Å². The second-order valence-electron chi connectivity index (χ2n) is 6.68. The van der Waals surface area contributed by atoms with Crippen molar-refractivity contribution in [3.63, 3.8) is 0 Å². The molecule has 0 spiro atoms. The molecule has 0 aliphatic carbocycles. The number of carboxylic acids is 1. The molecule has 2 aromatic carbocycles. The van der Waals surface area contributed by atoms with E-state index in [0.717, 1.165) is 5.56 Å². The number of rotatable bonds is 7. The number of aliphatic carboxylic acids is 1. The standard InChI is InChI=1S/C21H23NO5/c23-19(22-15-21(20(24)25)10-12-26-13-11-21)17-6-8-18(9-7-17)27-14-16-4-2-1-3-5-16/h1-9H,10-15H2,(H,22,23)(H,24,25). The monoisotopic (exact) mass is 369 g/mol. The number of hydrogen-bond acceptors (Lipinski definition) is 4. The molecule has 6 nitrogen and oxygen atoms in total. The second-order valence-corrected chi connectivity index (χ2v) is 6.68. The predicted molar refractivity (Wildman–Crippen MR) is 99.7 cm³/mol. The molecule has 1 aliphatic heterocycles. The van der Waals surface area contributed by atoms with Crippen molar-refractivity contribution >= 4 is 11.9 Å². The summed E-state index contributed by atoms with van der Waals surface area (Å²) in [5.74, 6) is -0.519. The average Bonchev–Trinajstić information content (AvgIpc) is 2.72. The highest BCUT2D eigenvalue weighted by Crippen LogP contribution is 2.30. The Morgan fingerprint density at radius 3 is 2.33 bits per heavy atom. The lowest BCUT2D eigenvalue weighted by Gasteiger charge is -2.33. The first-order chi connectivity index (χ1) is 13.1. The Morgan fingerprint density at radius 1 is 1.04 bits per heavy atom. The van der Waals surface area contributed by atoms with Gasteiger partial charge in [0, 0.05) is 25.3 Å². The van der Waals surface area contributed by atoms with Gasteiger partial charge in [0.2, 0.25) is 0 Å². The first-order valence-corrected chi connectivity index (χ1v) is 8.95. The normalized spacial score (nSPS) is 15.7. The molecule has 0 aromatic heterocycles. The van der Waals surface area contributed by atoms with Crippen LogP contribution in [-0.4, -0.2) is 36.7 Å². The topological polar surface area (TPSA) is 84.9 Å². The minimum atomic E-state index is -0.952. The Hall–Kier alpha value is -2.86. The first-order valence-electron chi connectivity index (χ1n) is 8.95. The molecule has 1 heterocycles. The van der Waals surface area contributed by atoms with E-state index in [4.69, 9.17) is 9.47 Å². The molecule has 6 heteroatoms. The molecule has 0 atom stereocenters. The molecule has 1 amide bonds. The summed E-state index contributed by atoms with van der Waals surface area (Å²) in [6, 6.07) is 16.6. The Kier molecular flexibility index (Phi) is 6.08. The number of carbonyl (C=O) groups excluding carboxylic acids is 1. The van der Waals surface area contributed by atoms with Crippen LogP contribution in [0.25, 0.3) is 0 Å². The minimum Gasteiger partial charge on any atom is -0.489 e. The number of benzene rings is 2. The molecule has 2 N–H and O–H groups in total. The molecule has 0 radical (unpaired) electrons. The van der Waals surface area contributed by atoms with E-state index in [1.807, 2.05) is 30.3 Å². The summed E-state index contributed by atoms with van der Waals surface area (Å²) in [7, 11) is 0. The molecule has 27 heavy (non-hydrogen) atoms. The van der Waals surface area contributed by atoms with Gasteiger partial charge < -0.3 is 19.9 Å². The zero-order valence-corrected chi connectivity index (χ0v) is 15.0. The summed E-state index contributed by atoms with van der Waals surface area (Å²) in [6.07, 6.45) is 0.795. The summed E-state index contributed by atoms with van der Waals surface area (Å²) in [5, 5.41) is 12.3. The van der Waals surface area contributed by atoms with Crippen LogP contribution >= 0.6 is 0 Å². The fraction of sp³-hybridized carbons (Fsp3) is 0.333. The summed E-state index contributed by atoms with van der Waals surface area (Å²) in [6.45, 7) is 1.34. The van der Waals surface area contributed by atoms with Crippen LogP contribution in [0.15, 0.2) is 54.6 Å². The fourth-order valence-electron chi connectivity index (χ4n) is 3.02. The van der Waals surface area contributed by atoms with Gasteiger partial charge in [-0.2, -0.15) is 0 Å². The third-order valence-electron chi connectivity index (χ3n) is 4.86. The van der Waals surface area contributed by atoms with Gasteiger partial charge in [0.1, 0.15) is 12.4 Å². The van der Waals surface area contributed by atoms with E-state index in [1.54, 1.807) is 24.3 Å². The lowest BCUT2D eigenvalue weighted by Crippen LogP contribution is -2.46. The van der Waals surface area contributed by atoms with Crippen molar-refractivity contribution in [3.05, 3.63) is 65.7 Å². The average molecular weight is 369 g/mol. The molecular formula is C21H23NO5. The summed E-state index contributed by atoms with van der Waals surface area (Å²) >= 11 is 0. The number of carboxylic acid groups (broad SMARTS) is 1. The highest BCUT2D eigenvalue weighted by molar-refractivity contribution is 5.94. The van der Waals surface area contributed by atoms with E-state index in [1.165, 1.54) is 0 Å². The van der Waals surface area contributed by atoms with Crippen LogP contribution in [0.4, 0.5) is 0 Å². The van der Waals surface area contributed by atoms with Crippen LogP contribution in [0, 0.1) is 5.41 Å². The van der Waals surface area contributed by atoms with E-state index in [2.05, 4.69) is 5.32 Å². The van der Waals surface area contributed by atoms with E-state index in [9.17, 15) is 14.7 Å². The third kappa shape index (κ3) is 4.86. The van der Waals surface area contributed by atoms with Gasteiger partial charge >= 0.3 is 5.97 Å².